The third-order valence-corrected chi connectivity index (χ3v) is 1.45. The Morgan fingerprint density at radius 2 is 1.92 bits per heavy atom. The number of carbonyl (C=O) groups is 1. The highest BCUT2D eigenvalue weighted by atomic mass is 16.1. The summed E-state index contributed by atoms with van der Waals surface area (Å²) in [5.74, 6) is 0. The molecule has 1 amide bonds. The van der Waals surface area contributed by atoms with Gasteiger partial charge < -0.3 is 5.32 Å². The van der Waals surface area contributed by atoms with Gasteiger partial charge in [-0.2, -0.15) is 0 Å². The molecule has 0 spiro atoms. The van der Waals surface area contributed by atoms with Gasteiger partial charge in [0.15, 0.2) is 0 Å². The first-order chi connectivity index (χ1) is 5.66. The Hall–Kier alpha value is -1.05. The van der Waals surface area contributed by atoms with Crippen LogP contribution in [0.15, 0.2) is 23.3 Å². The maximum atomic E-state index is 9.91. The SMILES string of the molecule is CC(C)=CC=C(C)CCNC=O. The van der Waals surface area contributed by atoms with Crippen LogP contribution in [0.2, 0.25) is 0 Å². The van der Waals surface area contributed by atoms with Crippen molar-refractivity contribution in [2.45, 2.75) is 27.2 Å². The second kappa shape index (κ2) is 6.65. The molecule has 0 atom stereocenters. The zero-order chi connectivity index (χ0) is 9.40. The van der Waals surface area contributed by atoms with Crippen LogP contribution in [-0.4, -0.2) is 13.0 Å². The molecule has 12 heavy (non-hydrogen) atoms. The molecule has 0 aliphatic heterocycles. The second-order valence-corrected chi connectivity index (χ2v) is 3.08. The van der Waals surface area contributed by atoms with Gasteiger partial charge in [0.05, 0.1) is 0 Å². The highest BCUT2D eigenvalue weighted by molar-refractivity contribution is 5.45. The van der Waals surface area contributed by atoms with E-state index < -0.39 is 0 Å². The molecule has 0 fully saturated rings. The van der Waals surface area contributed by atoms with E-state index in [2.05, 4.69) is 38.2 Å². The predicted octanol–water partition coefficient (Wildman–Crippen LogP) is 2.04. The quantitative estimate of drug-likeness (QED) is 0.379. The number of hydrogen-bond acceptors (Lipinski definition) is 1. The van der Waals surface area contributed by atoms with Gasteiger partial charge in [-0.3, -0.25) is 4.79 Å². The fourth-order valence-electron chi connectivity index (χ4n) is 0.721. The summed E-state index contributed by atoms with van der Waals surface area (Å²) >= 11 is 0. The average molecular weight is 167 g/mol. The summed E-state index contributed by atoms with van der Waals surface area (Å²) in [6, 6.07) is 0. The normalized spacial score (nSPS) is 10.8. The highest BCUT2D eigenvalue weighted by Crippen LogP contribution is 2.00. The first-order valence-corrected chi connectivity index (χ1v) is 4.14. The molecule has 0 unspecified atom stereocenters. The van der Waals surface area contributed by atoms with E-state index >= 15 is 0 Å². The molecule has 0 aromatic heterocycles. The van der Waals surface area contributed by atoms with Crippen LogP contribution in [0, 0.1) is 0 Å². The Kier molecular flexibility index (Phi) is 6.07. The van der Waals surface area contributed by atoms with E-state index in [-0.39, 0.29) is 0 Å². The first-order valence-electron chi connectivity index (χ1n) is 4.14. The van der Waals surface area contributed by atoms with Gasteiger partial charge in [-0.25, -0.2) is 0 Å². The summed E-state index contributed by atoms with van der Waals surface area (Å²) in [7, 11) is 0. The van der Waals surface area contributed by atoms with Crippen molar-refractivity contribution in [3.05, 3.63) is 23.3 Å². The summed E-state index contributed by atoms with van der Waals surface area (Å²) in [5.41, 5.74) is 2.57. The van der Waals surface area contributed by atoms with Gasteiger partial charge >= 0.3 is 0 Å². The third-order valence-electron chi connectivity index (χ3n) is 1.45. The maximum absolute atomic E-state index is 9.91. The van der Waals surface area contributed by atoms with Crippen LogP contribution >= 0.6 is 0 Å². The van der Waals surface area contributed by atoms with Crippen molar-refractivity contribution in [3.63, 3.8) is 0 Å². The van der Waals surface area contributed by atoms with Gasteiger partial charge in [0.25, 0.3) is 0 Å². The van der Waals surface area contributed by atoms with Crippen LogP contribution in [0.3, 0.4) is 0 Å². The maximum Gasteiger partial charge on any atom is 0.207 e. The fraction of sp³-hybridized carbons (Fsp3) is 0.500. The van der Waals surface area contributed by atoms with E-state index in [1.807, 2.05) is 0 Å². The summed E-state index contributed by atoms with van der Waals surface area (Å²) in [5, 5.41) is 2.62. The highest BCUT2D eigenvalue weighted by Gasteiger charge is 1.86. The molecule has 1 N–H and O–H groups in total. The molecule has 2 nitrogen and oxygen atoms in total. The van der Waals surface area contributed by atoms with Crippen molar-refractivity contribution in [3.8, 4) is 0 Å². The Morgan fingerprint density at radius 1 is 1.25 bits per heavy atom. The van der Waals surface area contributed by atoms with Crippen LogP contribution in [0.1, 0.15) is 27.2 Å². The Morgan fingerprint density at radius 3 is 2.42 bits per heavy atom. The van der Waals surface area contributed by atoms with E-state index in [9.17, 15) is 4.79 Å². The monoisotopic (exact) mass is 167 g/mol. The molecular weight excluding hydrogens is 150 g/mol. The van der Waals surface area contributed by atoms with E-state index in [1.54, 1.807) is 0 Å². The van der Waals surface area contributed by atoms with E-state index in [4.69, 9.17) is 0 Å². The smallest absolute Gasteiger partial charge is 0.207 e. The van der Waals surface area contributed by atoms with E-state index in [1.165, 1.54) is 11.1 Å². The number of allylic oxidation sites excluding steroid dienone is 3. The molecule has 0 radical (unpaired) electrons. The zero-order valence-corrected chi connectivity index (χ0v) is 8.05. The molecule has 68 valence electrons. The molecule has 0 aliphatic rings. The lowest BCUT2D eigenvalue weighted by atomic mass is 10.2. The number of amides is 1. The van der Waals surface area contributed by atoms with Crippen molar-refractivity contribution in [2.75, 3.05) is 6.54 Å². The van der Waals surface area contributed by atoms with Crippen LogP contribution in [0.4, 0.5) is 0 Å². The summed E-state index contributed by atoms with van der Waals surface area (Å²) in [4.78, 5) is 9.91. The lowest BCUT2D eigenvalue weighted by Gasteiger charge is -1.98. The Bertz CT molecular complexity index is 188. The number of rotatable bonds is 5. The number of hydrogen-bond donors (Lipinski definition) is 1. The molecule has 0 aromatic carbocycles. The van der Waals surface area contributed by atoms with Gasteiger partial charge in [0.1, 0.15) is 0 Å². The lowest BCUT2D eigenvalue weighted by Crippen LogP contribution is -2.11. The van der Waals surface area contributed by atoms with Crippen molar-refractivity contribution >= 4 is 6.41 Å². The van der Waals surface area contributed by atoms with Gasteiger partial charge in [-0.15, -0.1) is 0 Å². The minimum absolute atomic E-state index is 0.725. The van der Waals surface area contributed by atoms with E-state index in [0.29, 0.717) is 0 Å². The van der Waals surface area contributed by atoms with Crippen molar-refractivity contribution in [1.29, 1.82) is 0 Å². The second-order valence-electron chi connectivity index (χ2n) is 3.08. The largest absolute Gasteiger partial charge is 0.358 e. The topological polar surface area (TPSA) is 29.1 Å². The molecular formula is C10H17NO. The molecule has 0 saturated carbocycles. The van der Waals surface area contributed by atoms with Crippen LogP contribution in [-0.2, 0) is 4.79 Å². The van der Waals surface area contributed by atoms with Gasteiger partial charge in [-0.05, 0) is 27.2 Å². The molecule has 0 aliphatic carbocycles. The average Bonchev–Trinajstić information content (AvgIpc) is 2.01. The van der Waals surface area contributed by atoms with Crippen LogP contribution in [0.5, 0.6) is 0 Å². The molecule has 0 heterocycles. The van der Waals surface area contributed by atoms with Crippen molar-refractivity contribution in [1.82, 2.24) is 5.32 Å². The van der Waals surface area contributed by atoms with Crippen LogP contribution < -0.4 is 5.32 Å². The molecule has 0 aromatic rings. The standard InChI is InChI=1S/C10H17NO/c1-9(2)4-5-10(3)6-7-11-8-12/h4-5,8H,6-7H2,1-3H3,(H,11,12). The molecule has 2 heteroatoms. The first kappa shape index (κ1) is 11.0. The Balaban J connectivity index is 3.70. The minimum atomic E-state index is 0.725. The summed E-state index contributed by atoms with van der Waals surface area (Å²) in [6.07, 6.45) is 5.81. The van der Waals surface area contributed by atoms with Gasteiger partial charge in [-0.1, -0.05) is 23.3 Å². The van der Waals surface area contributed by atoms with Crippen molar-refractivity contribution < 1.29 is 4.79 Å². The number of carbonyl (C=O) groups excluding carboxylic acids is 1. The zero-order valence-electron chi connectivity index (χ0n) is 8.05. The van der Waals surface area contributed by atoms with Crippen LogP contribution in [0.25, 0.3) is 0 Å². The molecule has 0 bridgehead atoms. The number of nitrogens with one attached hydrogen (secondary N) is 1. The predicted molar refractivity (Wildman–Crippen MR) is 51.9 cm³/mol. The summed E-state index contributed by atoms with van der Waals surface area (Å²) in [6.45, 7) is 6.91. The van der Waals surface area contributed by atoms with Gasteiger partial charge in [0, 0.05) is 6.54 Å². The summed E-state index contributed by atoms with van der Waals surface area (Å²) < 4.78 is 0. The van der Waals surface area contributed by atoms with Crippen molar-refractivity contribution in [2.24, 2.45) is 0 Å². The minimum Gasteiger partial charge on any atom is -0.358 e. The molecule has 0 saturated heterocycles. The third kappa shape index (κ3) is 7.06. The fourth-order valence-corrected chi connectivity index (χ4v) is 0.721. The lowest BCUT2D eigenvalue weighted by molar-refractivity contribution is -0.109. The van der Waals surface area contributed by atoms with E-state index in [0.717, 1.165) is 19.4 Å². The molecule has 0 rings (SSSR count). The van der Waals surface area contributed by atoms with Gasteiger partial charge in [0.2, 0.25) is 6.41 Å². The Labute approximate surface area is 74.4 Å².